The first-order valence-corrected chi connectivity index (χ1v) is 7.73. The molecule has 0 saturated heterocycles. The van der Waals surface area contributed by atoms with Crippen molar-refractivity contribution in [2.24, 2.45) is 0 Å². The van der Waals surface area contributed by atoms with Crippen molar-refractivity contribution in [1.29, 1.82) is 0 Å². The van der Waals surface area contributed by atoms with E-state index >= 15 is 0 Å². The number of methoxy groups -OCH3 is 1. The summed E-state index contributed by atoms with van der Waals surface area (Å²) >= 11 is 0. The normalized spacial score (nSPS) is 12.2. The standard InChI is InChI=1S/C17H26N2O5/c1-12(15(20)24-17(2,3)4)18-16(21)19-13-6-8-14(9-7-13)23-11-10-22-5/h6-9,12H,10-11H2,1-5H3,(H2,18,19,21)/t12-/m0/s1. The molecule has 1 rings (SSSR count). The van der Waals surface area contributed by atoms with Crippen LogP contribution < -0.4 is 15.4 Å². The molecule has 0 saturated carbocycles. The molecule has 0 aliphatic carbocycles. The number of carbonyl (C=O) groups is 2. The Hall–Kier alpha value is -2.28. The summed E-state index contributed by atoms with van der Waals surface area (Å²) in [6.07, 6.45) is 0. The summed E-state index contributed by atoms with van der Waals surface area (Å²) in [5.74, 6) is 0.194. The van der Waals surface area contributed by atoms with Crippen LogP contribution in [-0.4, -0.2) is 44.0 Å². The van der Waals surface area contributed by atoms with E-state index in [1.807, 2.05) is 0 Å². The Kier molecular flexibility index (Phi) is 7.51. The van der Waals surface area contributed by atoms with Crippen LogP contribution in [-0.2, 0) is 14.3 Å². The van der Waals surface area contributed by atoms with Crippen molar-refractivity contribution in [3.63, 3.8) is 0 Å². The molecule has 0 unspecified atom stereocenters. The fourth-order valence-electron chi connectivity index (χ4n) is 1.69. The first-order chi connectivity index (χ1) is 11.2. The molecule has 2 N–H and O–H groups in total. The van der Waals surface area contributed by atoms with Crippen LogP contribution in [0, 0.1) is 0 Å². The quantitative estimate of drug-likeness (QED) is 0.589. The summed E-state index contributed by atoms with van der Waals surface area (Å²) in [5.41, 5.74) is -0.00900. The van der Waals surface area contributed by atoms with E-state index in [4.69, 9.17) is 14.2 Å². The molecule has 7 heteroatoms. The SMILES string of the molecule is COCCOc1ccc(NC(=O)N[C@@H](C)C(=O)OC(C)(C)C)cc1. The highest BCUT2D eigenvalue weighted by Gasteiger charge is 2.22. The molecule has 134 valence electrons. The van der Waals surface area contributed by atoms with E-state index in [0.29, 0.717) is 24.7 Å². The van der Waals surface area contributed by atoms with Crippen molar-refractivity contribution in [3.05, 3.63) is 24.3 Å². The highest BCUT2D eigenvalue weighted by molar-refractivity contribution is 5.92. The molecule has 1 aromatic carbocycles. The fourth-order valence-corrected chi connectivity index (χ4v) is 1.69. The number of hydrogen-bond acceptors (Lipinski definition) is 5. The summed E-state index contributed by atoms with van der Waals surface area (Å²) in [7, 11) is 1.60. The van der Waals surface area contributed by atoms with E-state index in [9.17, 15) is 9.59 Å². The van der Waals surface area contributed by atoms with Gasteiger partial charge in [0.05, 0.1) is 6.61 Å². The third-order valence-electron chi connectivity index (χ3n) is 2.78. The largest absolute Gasteiger partial charge is 0.491 e. The average molecular weight is 338 g/mol. The van der Waals surface area contributed by atoms with Crippen molar-refractivity contribution >= 4 is 17.7 Å². The predicted molar refractivity (Wildman–Crippen MR) is 91.3 cm³/mol. The van der Waals surface area contributed by atoms with Crippen molar-refractivity contribution in [2.75, 3.05) is 25.6 Å². The number of benzene rings is 1. The lowest BCUT2D eigenvalue weighted by molar-refractivity contribution is -0.156. The van der Waals surface area contributed by atoms with Crippen LogP contribution in [0.4, 0.5) is 10.5 Å². The second kappa shape index (κ2) is 9.12. The number of esters is 1. The Bertz CT molecular complexity index is 537. The zero-order chi connectivity index (χ0) is 18.2. The van der Waals surface area contributed by atoms with Gasteiger partial charge in [-0.05, 0) is 52.0 Å². The number of amides is 2. The van der Waals surface area contributed by atoms with Gasteiger partial charge in [0.15, 0.2) is 0 Å². The molecule has 24 heavy (non-hydrogen) atoms. The van der Waals surface area contributed by atoms with E-state index in [1.54, 1.807) is 59.1 Å². The molecule has 0 radical (unpaired) electrons. The second-order valence-electron chi connectivity index (χ2n) is 6.22. The van der Waals surface area contributed by atoms with Crippen LogP contribution in [0.5, 0.6) is 5.75 Å². The van der Waals surface area contributed by atoms with Gasteiger partial charge in [-0.25, -0.2) is 9.59 Å². The molecule has 0 aromatic heterocycles. The molecule has 7 nitrogen and oxygen atoms in total. The maximum atomic E-state index is 11.9. The van der Waals surface area contributed by atoms with Crippen molar-refractivity contribution in [1.82, 2.24) is 5.32 Å². The van der Waals surface area contributed by atoms with Crippen LogP contribution in [0.25, 0.3) is 0 Å². The topological polar surface area (TPSA) is 85.9 Å². The Labute approximate surface area is 142 Å². The van der Waals surface area contributed by atoms with E-state index in [1.165, 1.54) is 0 Å². The first-order valence-electron chi connectivity index (χ1n) is 7.73. The summed E-state index contributed by atoms with van der Waals surface area (Å²) in [6.45, 7) is 7.85. The Morgan fingerprint density at radius 1 is 1.12 bits per heavy atom. The van der Waals surface area contributed by atoms with Crippen LogP contribution in [0.15, 0.2) is 24.3 Å². The number of nitrogens with one attached hydrogen (secondary N) is 2. The molecule has 0 spiro atoms. The van der Waals surface area contributed by atoms with Crippen molar-refractivity contribution in [3.8, 4) is 5.75 Å². The Balaban J connectivity index is 2.45. The van der Waals surface area contributed by atoms with Gasteiger partial charge < -0.3 is 24.8 Å². The number of hydrogen-bond donors (Lipinski definition) is 2. The van der Waals surface area contributed by atoms with Crippen LogP contribution >= 0.6 is 0 Å². The van der Waals surface area contributed by atoms with Gasteiger partial charge in [0, 0.05) is 12.8 Å². The molecule has 2 amide bonds. The van der Waals surface area contributed by atoms with Gasteiger partial charge in [-0.1, -0.05) is 0 Å². The number of urea groups is 1. The third-order valence-corrected chi connectivity index (χ3v) is 2.78. The zero-order valence-corrected chi connectivity index (χ0v) is 14.8. The Morgan fingerprint density at radius 3 is 2.29 bits per heavy atom. The van der Waals surface area contributed by atoms with Crippen LogP contribution in [0.1, 0.15) is 27.7 Å². The number of rotatable bonds is 7. The van der Waals surface area contributed by atoms with Crippen LogP contribution in [0.2, 0.25) is 0 Å². The molecule has 0 bridgehead atoms. The highest BCUT2D eigenvalue weighted by Crippen LogP contribution is 2.15. The van der Waals surface area contributed by atoms with E-state index in [0.717, 1.165) is 0 Å². The van der Waals surface area contributed by atoms with Gasteiger partial charge in [-0.3, -0.25) is 0 Å². The fraction of sp³-hybridized carbons (Fsp3) is 0.529. The average Bonchev–Trinajstić information content (AvgIpc) is 2.47. The molecule has 0 fully saturated rings. The highest BCUT2D eigenvalue weighted by atomic mass is 16.6. The monoisotopic (exact) mass is 338 g/mol. The number of ether oxygens (including phenoxy) is 3. The lowest BCUT2D eigenvalue weighted by Gasteiger charge is -2.22. The number of carbonyl (C=O) groups excluding carboxylic acids is 2. The summed E-state index contributed by atoms with van der Waals surface area (Å²) in [5, 5.41) is 5.18. The van der Waals surface area contributed by atoms with E-state index in [-0.39, 0.29) is 0 Å². The first kappa shape index (κ1) is 19.8. The predicted octanol–water partition coefficient (Wildman–Crippen LogP) is 2.56. The van der Waals surface area contributed by atoms with E-state index < -0.39 is 23.6 Å². The van der Waals surface area contributed by atoms with Gasteiger partial charge in [-0.15, -0.1) is 0 Å². The zero-order valence-electron chi connectivity index (χ0n) is 14.8. The van der Waals surface area contributed by atoms with Gasteiger partial charge in [0.2, 0.25) is 0 Å². The van der Waals surface area contributed by atoms with Crippen LogP contribution in [0.3, 0.4) is 0 Å². The van der Waals surface area contributed by atoms with Crippen molar-refractivity contribution < 1.29 is 23.8 Å². The Morgan fingerprint density at radius 2 is 1.75 bits per heavy atom. The molecular formula is C17H26N2O5. The molecule has 1 aromatic rings. The lowest BCUT2D eigenvalue weighted by Crippen LogP contribution is -2.43. The summed E-state index contributed by atoms with van der Waals surface area (Å²) in [6, 6.07) is 5.66. The minimum Gasteiger partial charge on any atom is -0.491 e. The molecular weight excluding hydrogens is 312 g/mol. The smallest absolute Gasteiger partial charge is 0.328 e. The van der Waals surface area contributed by atoms with Gasteiger partial charge in [0.25, 0.3) is 0 Å². The second-order valence-corrected chi connectivity index (χ2v) is 6.22. The lowest BCUT2D eigenvalue weighted by atomic mass is 10.2. The maximum absolute atomic E-state index is 11.9. The maximum Gasteiger partial charge on any atom is 0.328 e. The van der Waals surface area contributed by atoms with Gasteiger partial charge >= 0.3 is 12.0 Å². The molecule has 0 heterocycles. The van der Waals surface area contributed by atoms with Crippen molar-refractivity contribution in [2.45, 2.75) is 39.3 Å². The molecule has 0 aliphatic rings. The minimum absolute atomic E-state index is 0.456. The molecule has 0 aliphatic heterocycles. The number of anilines is 1. The third kappa shape index (κ3) is 7.82. The van der Waals surface area contributed by atoms with Gasteiger partial charge in [-0.2, -0.15) is 0 Å². The summed E-state index contributed by atoms with van der Waals surface area (Å²) < 4.78 is 15.5. The molecule has 1 atom stereocenters. The minimum atomic E-state index is -0.749. The summed E-state index contributed by atoms with van der Waals surface area (Å²) in [4.78, 5) is 23.7. The van der Waals surface area contributed by atoms with Gasteiger partial charge in [0.1, 0.15) is 24.0 Å². The van der Waals surface area contributed by atoms with E-state index in [2.05, 4.69) is 10.6 Å².